The van der Waals surface area contributed by atoms with Crippen LogP contribution in [0.1, 0.15) is 40.0 Å². The SMILES string of the molecule is CNC1CCC(C(=O)OC(C)(C)C)C1. The highest BCUT2D eigenvalue weighted by Crippen LogP contribution is 2.27. The third-order valence-electron chi connectivity index (χ3n) is 2.58. The quantitative estimate of drug-likeness (QED) is 0.688. The molecule has 82 valence electrons. The molecular weight excluding hydrogens is 178 g/mol. The summed E-state index contributed by atoms with van der Waals surface area (Å²) in [5, 5.41) is 3.20. The largest absolute Gasteiger partial charge is 0.460 e. The second-order valence-corrected chi connectivity index (χ2v) is 5.03. The molecule has 3 nitrogen and oxygen atoms in total. The monoisotopic (exact) mass is 199 g/mol. The topological polar surface area (TPSA) is 38.3 Å². The first-order valence-corrected chi connectivity index (χ1v) is 5.32. The third kappa shape index (κ3) is 3.29. The molecule has 1 aliphatic rings. The zero-order valence-corrected chi connectivity index (χ0v) is 9.59. The molecule has 0 bridgehead atoms. The van der Waals surface area contributed by atoms with Crippen molar-refractivity contribution in [3.05, 3.63) is 0 Å². The maximum absolute atomic E-state index is 11.7. The normalized spacial score (nSPS) is 27.7. The summed E-state index contributed by atoms with van der Waals surface area (Å²) < 4.78 is 5.35. The summed E-state index contributed by atoms with van der Waals surface area (Å²) in [6.45, 7) is 5.74. The van der Waals surface area contributed by atoms with E-state index >= 15 is 0 Å². The molecule has 0 heterocycles. The van der Waals surface area contributed by atoms with E-state index in [0.717, 1.165) is 19.3 Å². The Labute approximate surface area is 86.2 Å². The number of esters is 1. The van der Waals surface area contributed by atoms with Crippen molar-refractivity contribution < 1.29 is 9.53 Å². The molecular formula is C11H21NO2. The Morgan fingerprint density at radius 3 is 2.43 bits per heavy atom. The van der Waals surface area contributed by atoms with E-state index in [1.807, 2.05) is 27.8 Å². The molecule has 0 saturated heterocycles. The standard InChI is InChI=1S/C11H21NO2/c1-11(2,3)14-10(13)8-5-6-9(7-8)12-4/h8-9,12H,5-7H2,1-4H3. The fourth-order valence-corrected chi connectivity index (χ4v) is 1.84. The maximum atomic E-state index is 11.7. The van der Waals surface area contributed by atoms with Gasteiger partial charge in [-0.05, 0) is 47.1 Å². The summed E-state index contributed by atoms with van der Waals surface area (Å²) in [5.41, 5.74) is -0.352. The minimum atomic E-state index is -0.352. The number of carbonyl (C=O) groups excluding carboxylic acids is 1. The van der Waals surface area contributed by atoms with Crippen LogP contribution in [0.25, 0.3) is 0 Å². The number of rotatable bonds is 2. The van der Waals surface area contributed by atoms with E-state index in [0.29, 0.717) is 6.04 Å². The van der Waals surface area contributed by atoms with Crippen molar-refractivity contribution in [2.45, 2.75) is 51.7 Å². The van der Waals surface area contributed by atoms with E-state index in [1.54, 1.807) is 0 Å². The first kappa shape index (κ1) is 11.5. The van der Waals surface area contributed by atoms with Crippen molar-refractivity contribution in [2.75, 3.05) is 7.05 Å². The van der Waals surface area contributed by atoms with E-state index in [9.17, 15) is 4.79 Å². The van der Waals surface area contributed by atoms with Gasteiger partial charge in [0.1, 0.15) is 5.60 Å². The average Bonchev–Trinajstić information content (AvgIpc) is 2.48. The van der Waals surface area contributed by atoms with E-state index in [2.05, 4.69) is 5.32 Å². The van der Waals surface area contributed by atoms with Gasteiger partial charge in [0.2, 0.25) is 0 Å². The van der Waals surface area contributed by atoms with Crippen molar-refractivity contribution in [3.8, 4) is 0 Å². The van der Waals surface area contributed by atoms with Crippen LogP contribution in [-0.4, -0.2) is 24.7 Å². The van der Waals surface area contributed by atoms with Gasteiger partial charge in [-0.1, -0.05) is 0 Å². The molecule has 2 atom stereocenters. The van der Waals surface area contributed by atoms with Crippen LogP contribution in [0.2, 0.25) is 0 Å². The first-order valence-electron chi connectivity index (χ1n) is 5.32. The fourth-order valence-electron chi connectivity index (χ4n) is 1.84. The molecule has 1 aliphatic carbocycles. The highest BCUT2D eigenvalue weighted by atomic mass is 16.6. The van der Waals surface area contributed by atoms with Crippen molar-refractivity contribution >= 4 is 5.97 Å². The lowest BCUT2D eigenvalue weighted by molar-refractivity contribution is -0.159. The number of carbonyl (C=O) groups is 1. The molecule has 3 heteroatoms. The summed E-state index contributed by atoms with van der Waals surface area (Å²) in [5.74, 6) is 0.0712. The second kappa shape index (κ2) is 4.30. The maximum Gasteiger partial charge on any atom is 0.309 e. The zero-order chi connectivity index (χ0) is 10.8. The summed E-state index contributed by atoms with van der Waals surface area (Å²) in [6.07, 6.45) is 2.96. The molecule has 1 saturated carbocycles. The van der Waals surface area contributed by atoms with Crippen molar-refractivity contribution in [2.24, 2.45) is 5.92 Å². The fraction of sp³-hybridized carbons (Fsp3) is 0.909. The molecule has 14 heavy (non-hydrogen) atoms. The van der Waals surface area contributed by atoms with Gasteiger partial charge >= 0.3 is 5.97 Å². The van der Waals surface area contributed by atoms with Gasteiger partial charge in [-0.25, -0.2) is 0 Å². The van der Waals surface area contributed by atoms with Crippen LogP contribution in [0.5, 0.6) is 0 Å². The lowest BCUT2D eigenvalue weighted by atomic mass is 10.1. The van der Waals surface area contributed by atoms with Crippen LogP contribution in [0.3, 0.4) is 0 Å². The van der Waals surface area contributed by atoms with Crippen molar-refractivity contribution in [1.82, 2.24) is 5.32 Å². The Kier molecular flexibility index (Phi) is 3.53. The van der Waals surface area contributed by atoms with Gasteiger partial charge in [-0.2, -0.15) is 0 Å². The molecule has 1 fully saturated rings. The molecule has 0 aromatic carbocycles. The van der Waals surface area contributed by atoms with Crippen LogP contribution in [0, 0.1) is 5.92 Å². The van der Waals surface area contributed by atoms with E-state index in [4.69, 9.17) is 4.74 Å². The molecule has 0 amide bonds. The van der Waals surface area contributed by atoms with Gasteiger partial charge in [0.15, 0.2) is 0 Å². The van der Waals surface area contributed by atoms with E-state index in [-0.39, 0.29) is 17.5 Å². The van der Waals surface area contributed by atoms with Gasteiger partial charge in [0.05, 0.1) is 5.92 Å². The van der Waals surface area contributed by atoms with E-state index < -0.39 is 0 Å². The Hall–Kier alpha value is -0.570. The van der Waals surface area contributed by atoms with Crippen LogP contribution < -0.4 is 5.32 Å². The number of ether oxygens (including phenoxy) is 1. The highest BCUT2D eigenvalue weighted by Gasteiger charge is 2.32. The summed E-state index contributed by atoms with van der Waals surface area (Å²) in [4.78, 5) is 11.7. The minimum Gasteiger partial charge on any atom is -0.460 e. The molecule has 0 aromatic rings. The Bertz CT molecular complexity index is 208. The molecule has 1 rings (SSSR count). The minimum absolute atomic E-state index is 0.0322. The molecule has 2 unspecified atom stereocenters. The number of nitrogens with one attached hydrogen (secondary N) is 1. The summed E-state index contributed by atoms with van der Waals surface area (Å²) in [7, 11) is 1.95. The van der Waals surface area contributed by atoms with Gasteiger partial charge < -0.3 is 10.1 Å². The van der Waals surface area contributed by atoms with E-state index in [1.165, 1.54) is 0 Å². The van der Waals surface area contributed by atoms with Gasteiger partial charge in [0, 0.05) is 6.04 Å². The highest BCUT2D eigenvalue weighted by molar-refractivity contribution is 5.73. The summed E-state index contributed by atoms with van der Waals surface area (Å²) in [6, 6.07) is 0.493. The zero-order valence-electron chi connectivity index (χ0n) is 9.59. The average molecular weight is 199 g/mol. The van der Waals surface area contributed by atoms with Gasteiger partial charge in [0.25, 0.3) is 0 Å². The van der Waals surface area contributed by atoms with Gasteiger partial charge in [-0.3, -0.25) is 4.79 Å². The summed E-state index contributed by atoms with van der Waals surface area (Å²) >= 11 is 0. The number of hydrogen-bond donors (Lipinski definition) is 1. The lowest BCUT2D eigenvalue weighted by Crippen LogP contribution is -2.29. The molecule has 0 radical (unpaired) electrons. The van der Waals surface area contributed by atoms with Crippen LogP contribution in [0.15, 0.2) is 0 Å². The first-order chi connectivity index (χ1) is 6.42. The number of hydrogen-bond acceptors (Lipinski definition) is 3. The van der Waals surface area contributed by atoms with Crippen LogP contribution >= 0.6 is 0 Å². The van der Waals surface area contributed by atoms with Crippen LogP contribution in [0.4, 0.5) is 0 Å². The Balaban J connectivity index is 2.40. The Morgan fingerprint density at radius 1 is 1.36 bits per heavy atom. The predicted octanol–water partition coefficient (Wildman–Crippen LogP) is 1.72. The molecule has 0 aromatic heterocycles. The second-order valence-electron chi connectivity index (χ2n) is 5.03. The third-order valence-corrected chi connectivity index (χ3v) is 2.58. The van der Waals surface area contributed by atoms with Crippen molar-refractivity contribution in [3.63, 3.8) is 0 Å². The van der Waals surface area contributed by atoms with Crippen molar-refractivity contribution in [1.29, 1.82) is 0 Å². The molecule has 0 aliphatic heterocycles. The molecule has 0 spiro atoms. The molecule has 1 N–H and O–H groups in total. The smallest absolute Gasteiger partial charge is 0.309 e. The van der Waals surface area contributed by atoms with Gasteiger partial charge in [-0.15, -0.1) is 0 Å². The predicted molar refractivity (Wildman–Crippen MR) is 56.0 cm³/mol. The van der Waals surface area contributed by atoms with Crippen LogP contribution in [-0.2, 0) is 9.53 Å². The lowest BCUT2D eigenvalue weighted by Gasteiger charge is -2.22. The Morgan fingerprint density at radius 2 is 2.00 bits per heavy atom.